The maximum atomic E-state index is 12.2. The van der Waals surface area contributed by atoms with Gasteiger partial charge in [-0.2, -0.15) is 5.10 Å². The topological polar surface area (TPSA) is 118 Å². The molecular formula is C18H25N5O4S. The minimum Gasteiger partial charge on any atom is -0.473 e. The van der Waals surface area contributed by atoms with E-state index in [9.17, 15) is 9.59 Å². The molecule has 28 heavy (non-hydrogen) atoms. The molecule has 2 amide bonds. The fraction of sp³-hybridized carbons (Fsp3) is 0.556. The van der Waals surface area contributed by atoms with Crippen LogP contribution >= 0.6 is 11.3 Å². The highest BCUT2D eigenvalue weighted by Gasteiger charge is 2.28. The van der Waals surface area contributed by atoms with Gasteiger partial charge in [-0.05, 0) is 25.7 Å². The Balaban J connectivity index is 1.47. The van der Waals surface area contributed by atoms with Crippen molar-refractivity contribution in [2.75, 3.05) is 19.0 Å². The van der Waals surface area contributed by atoms with Gasteiger partial charge >= 0.3 is 6.09 Å². The molecule has 0 aliphatic heterocycles. The van der Waals surface area contributed by atoms with E-state index in [-0.39, 0.29) is 30.4 Å². The van der Waals surface area contributed by atoms with Crippen LogP contribution in [0.1, 0.15) is 49.1 Å². The second-order valence-corrected chi connectivity index (χ2v) is 7.79. The van der Waals surface area contributed by atoms with Gasteiger partial charge in [0.05, 0.1) is 20.1 Å². The number of hydrogen-bond acceptors (Lipinski definition) is 7. The molecule has 9 nitrogen and oxygen atoms in total. The van der Waals surface area contributed by atoms with Crippen molar-refractivity contribution in [2.24, 2.45) is 0 Å². The smallest absolute Gasteiger partial charge is 0.407 e. The number of ether oxygens (including phenoxy) is 2. The molecule has 0 aromatic carbocycles. The molecule has 1 aliphatic carbocycles. The van der Waals surface area contributed by atoms with Crippen LogP contribution in [0.4, 0.5) is 10.6 Å². The lowest BCUT2D eigenvalue weighted by atomic mass is 10.0. The number of nitrogens with one attached hydrogen (secondary N) is 3. The highest BCUT2D eigenvalue weighted by atomic mass is 32.1. The van der Waals surface area contributed by atoms with Crippen LogP contribution in [0, 0.1) is 0 Å². The predicted octanol–water partition coefficient (Wildman–Crippen LogP) is 2.83. The minimum absolute atomic E-state index is 0.0945. The Labute approximate surface area is 167 Å². The van der Waals surface area contributed by atoms with Crippen molar-refractivity contribution in [3.63, 3.8) is 0 Å². The number of methoxy groups -OCH3 is 1. The number of anilines is 1. The summed E-state index contributed by atoms with van der Waals surface area (Å²) < 4.78 is 10.1. The molecule has 1 saturated carbocycles. The van der Waals surface area contributed by atoms with E-state index < -0.39 is 0 Å². The zero-order chi connectivity index (χ0) is 19.9. The number of hydrogen-bond donors (Lipinski definition) is 3. The van der Waals surface area contributed by atoms with Gasteiger partial charge in [-0.15, -0.1) is 0 Å². The molecule has 0 spiro atoms. The molecule has 3 rings (SSSR count). The van der Waals surface area contributed by atoms with Gasteiger partial charge in [0.15, 0.2) is 5.82 Å². The zero-order valence-corrected chi connectivity index (χ0v) is 16.8. The Morgan fingerprint density at radius 3 is 3.00 bits per heavy atom. The number of aromatic nitrogens is 3. The summed E-state index contributed by atoms with van der Waals surface area (Å²) >= 11 is 1.34. The molecule has 0 bridgehead atoms. The lowest BCUT2D eigenvalue weighted by Gasteiger charge is -2.12. The number of H-pyrrole nitrogens is 1. The van der Waals surface area contributed by atoms with Crippen molar-refractivity contribution in [3.05, 3.63) is 22.8 Å². The SMILES string of the molecule is CCCOC(=O)N[C@H]1CC[C@@H](c2cc(NC(=O)Cc3cnc(OC)s3)n[nH]2)C1. The highest BCUT2D eigenvalue weighted by Crippen LogP contribution is 2.34. The Kier molecular flexibility index (Phi) is 6.85. The minimum atomic E-state index is -0.357. The molecule has 3 N–H and O–H groups in total. The number of rotatable bonds is 8. The van der Waals surface area contributed by atoms with Gasteiger partial charge in [-0.25, -0.2) is 9.78 Å². The van der Waals surface area contributed by atoms with E-state index in [1.54, 1.807) is 13.3 Å². The zero-order valence-electron chi connectivity index (χ0n) is 16.0. The molecule has 0 saturated heterocycles. The third kappa shape index (κ3) is 5.44. The van der Waals surface area contributed by atoms with E-state index in [0.29, 0.717) is 17.6 Å². The summed E-state index contributed by atoms with van der Waals surface area (Å²) in [6, 6.07) is 1.95. The number of amides is 2. The summed E-state index contributed by atoms with van der Waals surface area (Å²) in [5.74, 6) is 0.601. The van der Waals surface area contributed by atoms with E-state index in [4.69, 9.17) is 9.47 Å². The van der Waals surface area contributed by atoms with Crippen molar-refractivity contribution in [1.82, 2.24) is 20.5 Å². The van der Waals surface area contributed by atoms with E-state index in [0.717, 1.165) is 36.3 Å². The number of aromatic amines is 1. The molecule has 2 atom stereocenters. The third-order valence-corrected chi connectivity index (χ3v) is 5.50. The van der Waals surface area contributed by atoms with Crippen LogP contribution in [0.25, 0.3) is 0 Å². The van der Waals surface area contributed by atoms with Gasteiger partial charge in [0, 0.05) is 34.8 Å². The first-order valence-electron chi connectivity index (χ1n) is 9.34. The number of thiazole rings is 1. The standard InChI is InChI=1S/C18H25N5O4S/c1-3-6-27-17(25)20-12-5-4-11(7-12)14-9-15(23-22-14)21-16(24)8-13-10-19-18(26-2)28-13/h9-12H,3-8H2,1-2H3,(H,20,25)(H2,21,22,23,24)/t11-,12+/m1/s1. The largest absolute Gasteiger partial charge is 0.473 e. The van der Waals surface area contributed by atoms with Crippen molar-refractivity contribution >= 4 is 29.2 Å². The summed E-state index contributed by atoms with van der Waals surface area (Å²) in [4.78, 5) is 28.7. The molecule has 10 heteroatoms. The van der Waals surface area contributed by atoms with Crippen molar-refractivity contribution in [1.29, 1.82) is 0 Å². The van der Waals surface area contributed by atoms with Crippen molar-refractivity contribution in [3.8, 4) is 5.19 Å². The van der Waals surface area contributed by atoms with Gasteiger partial charge < -0.3 is 20.1 Å². The van der Waals surface area contributed by atoms with E-state index in [1.165, 1.54) is 11.3 Å². The molecule has 1 aliphatic rings. The maximum Gasteiger partial charge on any atom is 0.407 e. The second-order valence-electron chi connectivity index (χ2n) is 6.72. The molecule has 2 aromatic heterocycles. The molecule has 2 heterocycles. The lowest BCUT2D eigenvalue weighted by Crippen LogP contribution is -2.33. The lowest BCUT2D eigenvalue weighted by molar-refractivity contribution is -0.115. The summed E-state index contributed by atoms with van der Waals surface area (Å²) in [5, 5.41) is 13.4. The van der Waals surface area contributed by atoms with Crippen LogP contribution in [-0.2, 0) is 16.0 Å². The van der Waals surface area contributed by atoms with Gasteiger partial charge in [-0.3, -0.25) is 9.89 Å². The summed E-state index contributed by atoms with van der Waals surface area (Å²) in [7, 11) is 1.55. The maximum absolute atomic E-state index is 12.2. The van der Waals surface area contributed by atoms with Crippen LogP contribution in [0.15, 0.2) is 12.3 Å². The Bertz CT molecular complexity index is 806. The fourth-order valence-electron chi connectivity index (χ4n) is 3.22. The third-order valence-electron chi connectivity index (χ3n) is 4.54. The highest BCUT2D eigenvalue weighted by molar-refractivity contribution is 7.13. The first kappa shape index (κ1) is 20.1. The normalized spacial score (nSPS) is 18.6. The average molecular weight is 407 g/mol. The van der Waals surface area contributed by atoms with Crippen LogP contribution in [-0.4, -0.2) is 46.9 Å². The molecule has 0 unspecified atom stereocenters. The monoisotopic (exact) mass is 407 g/mol. The van der Waals surface area contributed by atoms with Gasteiger partial charge in [0.1, 0.15) is 0 Å². The van der Waals surface area contributed by atoms with Crippen LogP contribution in [0.5, 0.6) is 5.19 Å². The molecule has 0 radical (unpaired) electrons. The van der Waals surface area contributed by atoms with Gasteiger partial charge in [-0.1, -0.05) is 18.3 Å². The van der Waals surface area contributed by atoms with Crippen LogP contribution in [0.3, 0.4) is 0 Å². The number of alkyl carbamates (subject to hydrolysis) is 1. The van der Waals surface area contributed by atoms with Crippen LogP contribution in [0.2, 0.25) is 0 Å². The first-order valence-corrected chi connectivity index (χ1v) is 10.2. The molecule has 2 aromatic rings. The Morgan fingerprint density at radius 2 is 2.25 bits per heavy atom. The predicted molar refractivity (Wildman–Crippen MR) is 105 cm³/mol. The Hall–Kier alpha value is -2.62. The molecule has 152 valence electrons. The quantitative estimate of drug-likeness (QED) is 0.619. The van der Waals surface area contributed by atoms with Gasteiger partial charge in [0.2, 0.25) is 5.91 Å². The second kappa shape index (κ2) is 9.54. The number of nitrogens with zero attached hydrogens (tertiary/aromatic N) is 2. The summed E-state index contributed by atoms with van der Waals surface area (Å²) in [5.41, 5.74) is 0.959. The average Bonchev–Trinajstić information content (AvgIpc) is 3.41. The van der Waals surface area contributed by atoms with Gasteiger partial charge in [0.25, 0.3) is 5.19 Å². The number of carbonyl (C=O) groups is 2. The number of carbonyl (C=O) groups excluding carboxylic acids is 2. The van der Waals surface area contributed by atoms with Crippen LogP contribution < -0.4 is 15.4 Å². The molecular weight excluding hydrogens is 382 g/mol. The summed E-state index contributed by atoms with van der Waals surface area (Å²) in [6.45, 7) is 2.39. The molecule has 1 fully saturated rings. The fourth-order valence-corrected chi connectivity index (χ4v) is 3.94. The van der Waals surface area contributed by atoms with E-state index in [2.05, 4.69) is 25.8 Å². The van der Waals surface area contributed by atoms with E-state index in [1.807, 2.05) is 13.0 Å². The first-order chi connectivity index (χ1) is 13.6. The van der Waals surface area contributed by atoms with Crippen molar-refractivity contribution in [2.45, 2.75) is 51.0 Å². The van der Waals surface area contributed by atoms with E-state index >= 15 is 0 Å². The van der Waals surface area contributed by atoms with Crippen molar-refractivity contribution < 1.29 is 19.1 Å². The summed E-state index contributed by atoms with van der Waals surface area (Å²) in [6.07, 6.45) is 4.95. The Morgan fingerprint density at radius 1 is 1.39 bits per heavy atom.